The van der Waals surface area contributed by atoms with Crippen LogP contribution in [0.25, 0.3) is 11.4 Å². The fourth-order valence-electron chi connectivity index (χ4n) is 6.50. The van der Waals surface area contributed by atoms with E-state index in [-0.39, 0.29) is 12.4 Å². The Labute approximate surface area is 181 Å². The highest BCUT2D eigenvalue weighted by molar-refractivity contribution is 5.73. The van der Waals surface area contributed by atoms with Crippen LogP contribution in [0.3, 0.4) is 0 Å². The number of nitrogen functional groups attached to an aromatic ring is 1. The predicted molar refractivity (Wildman–Crippen MR) is 118 cm³/mol. The molecule has 1 unspecified atom stereocenters. The molecule has 0 aliphatic heterocycles. The zero-order valence-corrected chi connectivity index (χ0v) is 17.6. The van der Waals surface area contributed by atoms with Crippen LogP contribution < -0.4 is 16.8 Å². The Kier molecular flexibility index (Phi) is 5.04. The van der Waals surface area contributed by atoms with Gasteiger partial charge in [-0.3, -0.25) is 4.79 Å². The van der Waals surface area contributed by atoms with Crippen molar-refractivity contribution in [1.82, 2.24) is 15.0 Å². The summed E-state index contributed by atoms with van der Waals surface area (Å²) >= 11 is 0. The SMILES string of the molecule is Nc1nc(NCC23CC4CC(CC(C4)C2)C3)nc(-c2ccc(CC(N)C(=O)O)cc2)n1. The van der Waals surface area contributed by atoms with Gasteiger partial charge in [-0.15, -0.1) is 0 Å². The van der Waals surface area contributed by atoms with E-state index in [0.717, 1.165) is 35.4 Å². The van der Waals surface area contributed by atoms with Gasteiger partial charge in [0.1, 0.15) is 6.04 Å². The summed E-state index contributed by atoms with van der Waals surface area (Å²) in [6, 6.07) is 6.50. The third-order valence-electron chi connectivity index (χ3n) is 7.42. The Morgan fingerprint density at radius 2 is 1.68 bits per heavy atom. The van der Waals surface area contributed by atoms with Gasteiger partial charge < -0.3 is 21.9 Å². The van der Waals surface area contributed by atoms with Crippen molar-refractivity contribution in [3.05, 3.63) is 29.8 Å². The quantitative estimate of drug-likeness (QED) is 0.534. The number of anilines is 2. The van der Waals surface area contributed by atoms with Crippen molar-refractivity contribution < 1.29 is 9.90 Å². The Bertz CT molecular complexity index is 941. The first-order chi connectivity index (χ1) is 14.9. The molecule has 4 fully saturated rings. The molecule has 0 radical (unpaired) electrons. The van der Waals surface area contributed by atoms with Crippen molar-refractivity contribution in [2.45, 2.75) is 51.0 Å². The Morgan fingerprint density at radius 1 is 1.06 bits per heavy atom. The number of nitrogens with one attached hydrogen (secondary N) is 1. The van der Waals surface area contributed by atoms with Crippen LogP contribution in [0.5, 0.6) is 0 Å². The number of nitrogens with zero attached hydrogens (tertiary/aromatic N) is 3. The minimum atomic E-state index is -1.01. The molecule has 164 valence electrons. The lowest BCUT2D eigenvalue weighted by molar-refractivity contribution is -0.138. The topological polar surface area (TPSA) is 140 Å². The summed E-state index contributed by atoms with van der Waals surface area (Å²) in [5.41, 5.74) is 13.6. The van der Waals surface area contributed by atoms with Gasteiger partial charge in [0.05, 0.1) is 0 Å². The molecule has 1 aromatic heterocycles. The van der Waals surface area contributed by atoms with Gasteiger partial charge in [-0.05, 0) is 73.7 Å². The molecule has 1 heterocycles. The van der Waals surface area contributed by atoms with Crippen LogP contribution in [0.2, 0.25) is 0 Å². The maximum absolute atomic E-state index is 11.0. The predicted octanol–water partition coefficient (Wildman–Crippen LogP) is 2.70. The standard InChI is InChI=1S/C23H30N6O2/c24-18(20(30)31)8-13-1-3-17(4-2-13)19-27-21(25)29-22(28-19)26-12-23-9-14-5-15(10-23)7-16(6-14)11-23/h1-4,14-16,18H,5-12,24H2,(H,30,31)(H3,25,26,27,28,29). The molecule has 4 saturated carbocycles. The van der Waals surface area contributed by atoms with E-state index in [2.05, 4.69) is 20.3 Å². The van der Waals surface area contributed by atoms with E-state index in [0.29, 0.717) is 17.2 Å². The molecule has 1 aromatic carbocycles. The summed E-state index contributed by atoms with van der Waals surface area (Å²) in [5, 5.41) is 12.5. The highest BCUT2D eigenvalue weighted by atomic mass is 16.4. The van der Waals surface area contributed by atoms with E-state index >= 15 is 0 Å². The summed E-state index contributed by atoms with van der Waals surface area (Å²) in [6.07, 6.45) is 8.51. The fourth-order valence-corrected chi connectivity index (χ4v) is 6.50. The summed E-state index contributed by atoms with van der Waals surface area (Å²) in [4.78, 5) is 24.2. The van der Waals surface area contributed by atoms with Crippen molar-refractivity contribution in [1.29, 1.82) is 0 Å². The lowest BCUT2D eigenvalue weighted by atomic mass is 9.49. The summed E-state index contributed by atoms with van der Waals surface area (Å²) in [7, 11) is 0. The molecule has 6 N–H and O–H groups in total. The third-order valence-corrected chi connectivity index (χ3v) is 7.42. The zero-order chi connectivity index (χ0) is 21.6. The van der Waals surface area contributed by atoms with Gasteiger partial charge in [-0.25, -0.2) is 0 Å². The molecule has 4 bridgehead atoms. The molecule has 4 aliphatic rings. The summed E-state index contributed by atoms with van der Waals surface area (Å²) in [5.74, 6) is 2.92. The van der Waals surface area contributed by atoms with Crippen LogP contribution in [0.1, 0.15) is 44.1 Å². The summed E-state index contributed by atoms with van der Waals surface area (Å²) in [6.45, 7) is 0.894. The van der Waals surface area contributed by atoms with Crippen LogP contribution in [0.15, 0.2) is 24.3 Å². The zero-order valence-electron chi connectivity index (χ0n) is 17.6. The Morgan fingerprint density at radius 3 is 2.26 bits per heavy atom. The van der Waals surface area contributed by atoms with Gasteiger partial charge >= 0.3 is 5.97 Å². The minimum absolute atomic E-state index is 0.190. The maximum Gasteiger partial charge on any atom is 0.320 e. The van der Waals surface area contributed by atoms with E-state index in [1.807, 2.05) is 24.3 Å². The van der Waals surface area contributed by atoms with Crippen LogP contribution >= 0.6 is 0 Å². The van der Waals surface area contributed by atoms with Crippen molar-refractivity contribution >= 4 is 17.9 Å². The van der Waals surface area contributed by atoms with E-state index in [4.69, 9.17) is 16.6 Å². The van der Waals surface area contributed by atoms with Crippen molar-refractivity contribution in [3.63, 3.8) is 0 Å². The first-order valence-electron chi connectivity index (χ1n) is 11.2. The van der Waals surface area contributed by atoms with Gasteiger partial charge in [-0.1, -0.05) is 24.3 Å². The molecule has 0 amide bonds. The molecular weight excluding hydrogens is 392 g/mol. The van der Waals surface area contributed by atoms with E-state index in [9.17, 15) is 4.79 Å². The second-order valence-corrected chi connectivity index (χ2v) is 9.96. The number of benzene rings is 1. The number of carboxylic acids is 1. The monoisotopic (exact) mass is 422 g/mol. The molecular formula is C23H30N6O2. The van der Waals surface area contributed by atoms with Crippen LogP contribution in [-0.2, 0) is 11.2 Å². The molecule has 0 spiro atoms. The largest absolute Gasteiger partial charge is 0.480 e. The normalized spacial score (nSPS) is 29.6. The molecule has 2 aromatic rings. The number of carboxylic acid groups (broad SMARTS) is 1. The van der Waals surface area contributed by atoms with Crippen molar-refractivity contribution in [2.75, 3.05) is 17.6 Å². The van der Waals surface area contributed by atoms with E-state index < -0.39 is 12.0 Å². The Balaban J connectivity index is 1.29. The molecule has 1 atom stereocenters. The lowest BCUT2D eigenvalue weighted by Gasteiger charge is -2.56. The van der Waals surface area contributed by atoms with E-state index in [1.165, 1.54) is 38.5 Å². The van der Waals surface area contributed by atoms with Crippen LogP contribution in [0.4, 0.5) is 11.9 Å². The first kappa shape index (κ1) is 20.2. The molecule has 6 rings (SSSR count). The average molecular weight is 423 g/mol. The fraction of sp³-hybridized carbons (Fsp3) is 0.565. The number of aliphatic carboxylic acids is 1. The molecule has 0 saturated heterocycles. The number of hydrogen-bond acceptors (Lipinski definition) is 7. The van der Waals surface area contributed by atoms with E-state index in [1.54, 1.807) is 0 Å². The van der Waals surface area contributed by atoms with Crippen LogP contribution in [0, 0.1) is 23.2 Å². The number of hydrogen-bond donors (Lipinski definition) is 4. The lowest BCUT2D eigenvalue weighted by Crippen LogP contribution is -2.49. The number of aromatic nitrogens is 3. The average Bonchev–Trinajstić information content (AvgIpc) is 2.71. The van der Waals surface area contributed by atoms with Crippen molar-refractivity contribution in [3.8, 4) is 11.4 Å². The van der Waals surface area contributed by atoms with Gasteiger partial charge in [0.25, 0.3) is 0 Å². The molecule has 8 nitrogen and oxygen atoms in total. The highest BCUT2D eigenvalue weighted by Crippen LogP contribution is 2.59. The van der Waals surface area contributed by atoms with Gasteiger partial charge in [-0.2, -0.15) is 15.0 Å². The Hall–Kier alpha value is -2.74. The number of rotatable bonds is 7. The number of carbonyl (C=O) groups is 1. The minimum Gasteiger partial charge on any atom is -0.480 e. The maximum atomic E-state index is 11.0. The molecule has 8 heteroatoms. The van der Waals surface area contributed by atoms with Crippen molar-refractivity contribution in [2.24, 2.45) is 28.9 Å². The van der Waals surface area contributed by atoms with Gasteiger partial charge in [0, 0.05) is 12.1 Å². The molecule has 4 aliphatic carbocycles. The molecule has 31 heavy (non-hydrogen) atoms. The first-order valence-corrected chi connectivity index (χ1v) is 11.2. The number of nitrogens with two attached hydrogens (primary N) is 2. The third kappa shape index (κ3) is 4.21. The second-order valence-electron chi connectivity index (χ2n) is 9.96. The van der Waals surface area contributed by atoms with Crippen LogP contribution in [-0.4, -0.2) is 38.6 Å². The second kappa shape index (κ2) is 7.75. The summed E-state index contributed by atoms with van der Waals surface area (Å²) < 4.78 is 0. The highest BCUT2D eigenvalue weighted by Gasteiger charge is 2.50. The van der Waals surface area contributed by atoms with Gasteiger partial charge in [0.2, 0.25) is 11.9 Å². The smallest absolute Gasteiger partial charge is 0.320 e. The van der Waals surface area contributed by atoms with Gasteiger partial charge in [0.15, 0.2) is 5.82 Å².